The molecule has 1 N–H and O–H groups in total. The zero-order chi connectivity index (χ0) is 14.2. The van der Waals surface area contributed by atoms with Crippen LogP contribution in [0.25, 0.3) is 0 Å². The van der Waals surface area contributed by atoms with E-state index in [1.165, 1.54) is 58.2 Å². The molecule has 20 heavy (non-hydrogen) atoms. The Morgan fingerprint density at radius 2 is 1.75 bits per heavy atom. The number of hydrogen-bond donors (Lipinski definition) is 1. The Hall–Kier alpha value is -0.610. The highest BCUT2D eigenvalue weighted by Crippen LogP contribution is 2.19. The van der Waals surface area contributed by atoms with Crippen molar-refractivity contribution in [2.24, 2.45) is 5.92 Å². The zero-order valence-corrected chi connectivity index (χ0v) is 13.1. The standard InChI is InChI=1S/C16H31N3O/c1-2-17-16(20)14-19-11-7-8-15(13-19)12-18-9-5-3-4-6-10-18/h15H,2-14H2,1H3,(H,17,20). The van der Waals surface area contributed by atoms with Crippen molar-refractivity contribution in [3.05, 3.63) is 0 Å². The van der Waals surface area contributed by atoms with Crippen LogP contribution in [-0.4, -0.2) is 61.5 Å². The van der Waals surface area contributed by atoms with Crippen LogP contribution in [0.1, 0.15) is 45.4 Å². The Morgan fingerprint density at radius 1 is 1.05 bits per heavy atom. The SMILES string of the molecule is CCNC(=O)CN1CCCC(CN2CCCCCC2)C1. The van der Waals surface area contributed by atoms with E-state index in [2.05, 4.69) is 15.1 Å². The molecule has 0 spiro atoms. The van der Waals surface area contributed by atoms with Gasteiger partial charge in [-0.1, -0.05) is 12.8 Å². The second kappa shape index (κ2) is 8.63. The van der Waals surface area contributed by atoms with E-state index in [0.717, 1.165) is 25.6 Å². The first-order valence-corrected chi connectivity index (χ1v) is 8.49. The maximum atomic E-state index is 11.7. The van der Waals surface area contributed by atoms with Crippen LogP contribution in [0, 0.1) is 5.92 Å². The van der Waals surface area contributed by atoms with E-state index in [0.29, 0.717) is 6.54 Å². The Kier molecular flexibility index (Phi) is 6.80. The van der Waals surface area contributed by atoms with Gasteiger partial charge in [0.2, 0.25) is 5.91 Å². The molecule has 4 heteroatoms. The van der Waals surface area contributed by atoms with Gasteiger partial charge in [-0.25, -0.2) is 0 Å². The number of piperidine rings is 1. The van der Waals surface area contributed by atoms with Gasteiger partial charge in [0.1, 0.15) is 0 Å². The third-order valence-electron chi connectivity index (χ3n) is 4.56. The number of amides is 1. The molecule has 2 heterocycles. The molecule has 4 nitrogen and oxygen atoms in total. The maximum Gasteiger partial charge on any atom is 0.234 e. The number of rotatable bonds is 5. The monoisotopic (exact) mass is 281 g/mol. The Labute approximate surface area is 123 Å². The molecule has 2 saturated heterocycles. The lowest BCUT2D eigenvalue weighted by molar-refractivity contribution is -0.122. The van der Waals surface area contributed by atoms with Gasteiger partial charge in [0.25, 0.3) is 0 Å². The van der Waals surface area contributed by atoms with Crippen LogP contribution in [0.15, 0.2) is 0 Å². The van der Waals surface area contributed by atoms with E-state index in [4.69, 9.17) is 0 Å². The quantitative estimate of drug-likeness (QED) is 0.833. The van der Waals surface area contributed by atoms with Gasteiger partial charge in [0.15, 0.2) is 0 Å². The lowest BCUT2D eigenvalue weighted by Crippen LogP contribution is -2.45. The van der Waals surface area contributed by atoms with Crippen LogP contribution >= 0.6 is 0 Å². The third-order valence-corrected chi connectivity index (χ3v) is 4.56. The van der Waals surface area contributed by atoms with Gasteiger partial charge >= 0.3 is 0 Å². The molecule has 116 valence electrons. The van der Waals surface area contributed by atoms with Crippen molar-refractivity contribution in [1.82, 2.24) is 15.1 Å². The predicted molar refractivity (Wildman–Crippen MR) is 82.8 cm³/mol. The van der Waals surface area contributed by atoms with Crippen molar-refractivity contribution >= 4 is 5.91 Å². The number of nitrogens with zero attached hydrogens (tertiary/aromatic N) is 2. The normalized spacial score (nSPS) is 26.1. The van der Waals surface area contributed by atoms with E-state index < -0.39 is 0 Å². The summed E-state index contributed by atoms with van der Waals surface area (Å²) in [6.45, 7) is 9.32. The highest BCUT2D eigenvalue weighted by molar-refractivity contribution is 5.77. The van der Waals surface area contributed by atoms with Crippen LogP contribution in [0.2, 0.25) is 0 Å². The first-order chi connectivity index (χ1) is 9.78. The van der Waals surface area contributed by atoms with Crippen LogP contribution < -0.4 is 5.32 Å². The van der Waals surface area contributed by atoms with E-state index >= 15 is 0 Å². The lowest BCUT2D eigenvalue weighted by Gasteiger charge is -2.35. The predicted octanol–water partition coefficient (Wildman–Crippen LogP) is 1.71. The van der Waals surface area contributed by atoms with E-state index in [-0.39, 0.29) is 5.91 Å². The Morgan fingerprint density at radius 3 is 2.45 bits per heavy atom. The fraction of sp³-hybridized carbons (Fsp3) is 0.938. The molecule has 0 aliphatic carbocycles. The minimum atomic E-state index is 0.183. The van der Waals surface area contributed by atoms with Crippen LogP contribution in [0.4, 0.5) is 0 Å². The minimum absolute atomic E-state index is 0.183. The summed E-state index contributed by atoms with van der Waals surface area (Å²) >= 11 is 0. The molecule has 0 aromatic carbocycles. The topological polar surface area (TPSA) is 35.6 Å². The van der Waals surface area contributed by atoms with Crippen LogP contribution in [-0.2, 0) is 4.79 Å². The van der Waals surface area contributed by atoms with Crippen molar-refractivity contribution in [2.45, 2.75) is 45.4 Å². The first-order valence-electron chi connectivity index (χ1n) is 8.49. The Bertz CT molecular complexity index is 287. The molecular formula is C16H31N3O. The molecule has 1 atom stereocenters. The number of hydrogen-bond acceptors (Lipinski definition) is 3. The van der Waals surface area contributed by atoms with Crippen molar-refractivity contribution < 1.29 is 4.79 Å². The highest BCUT2D eigenvalue weighted by atomic mass is 16.2. The van der Waals surface area contributed by atoms with Crippen LogP contribution in [0.5, 0.6) is 0 Å². The second-order valence-corrected chi connectivity index (χ2v) is 6.41. The molecule has 0 saturated carbocycles. The van der Waals surface area contributed by atoms with Gasteiger partial charge in [0.05, 0.1) is 6.54 Å². The van der Waals surface area contributed by atoms with Gasteiger partial charge in [-0.15, -0.1) is 0 Å². The molecule has 0 aromatic rings. The van der Waals surface area contributed by atoms with E-state index in [1.807, 2.05) is 6.92 Å². The van der Waals surface area contributed by atoms with Gasteiger partial charge in [-0.2, -0.15) is 0 Å². The molecular weight excluding hydrogens is 250 g/mol. The summed E-state index contributed by atoms with van der Waals surface area (Å²) in [5, 5.41) is 2.91. The smallest absolute Gasteiger partial charge is 0.234 e. The molecule has 1 amide bonds. The molecule has 1 unspecified atom stereocenters. The average molecular weight is 281 g/mol. The summed E-state index contributed by atoms with van der Waals surface area (Å²) in [6.07, 6.45) is 8.14. The minimum Gasteiger partial charge on any atom is -0.355 e. The summed E-state index contributed by atoms with van der Waals surface area (Å²) < 4.78 is 0. The Balaban J connectivity index is 1.73. The summed E-state index contributed by atoms with van der Waals surface area (Å²) in [5.41, 5.74) is 0. The van der Waals surface area contributed by atoms with E-state index in [9.17, 15) is 4.79 Å². The first kappa shape index (κ1) is 15.8. The average Bonchev–Trinajstić information content (AvgIpc) is 2.68. The summed E-state index contributed by atoms with van der Waals surface area (Å²) in [4.78, 5) is 16.7. The summed E-state index contributed by atoms with van der Waals surface area (Å²) in [7, 11) is 0. The lowest BCUT2D eigenvalue weighted by atomic mass is 9.97. The number of carbonyl (C=O) groups is 1. The van der Waals surface area contributed by atoms with Crippen molar-refractivity contribution in [1.29, 1.82) is 0 Å². The third kappa shape index (κ3) is 5.41. The summed E-state index contributed by atoms with van der Waals surface area (Å²) in [5.74, 6) is 0.944. The van der Waals surface area contributed by atoms with Crippen LogP contribution in [0.3, 0.4) is 0 Å². The zero-order valence-electron chi connectivity index (χ0n) is 13.1. The number of nitrogens with one attached hydrogen (secondary N) is 1. The molecule has 0 bridgehead atoms. The number of likely N-dealkylation sites (tertiary alicyclic amines) is 2. The van der Waals surface area contributed by atoms with Crippen molar-refractivity contribution in [3.8, 4) is 0 Å². The molecule has 0 radical (unpaired) electrons. The van der Waals surface area contributed by atoms with Gasteiger partial charge in [-0.3, -0.25) is 9.69 Å². The van der Waals surface area contributed by atoms with Crippen molar-refractivity contribution in [2.75, 3.05) is 45.8 Å². The van der Waals surface area contributed by atoms with Crippen molar-refractivity contribution in [3.63, 3.8) is 0 Å². The summed E-state index contributed by atoms with van der Waals surface area (Å²) in [6, 6.07) is 0. The number of carbonyl (C=O) groups excluding carboxylic acids is 1. The number of likely N-dealkylation sites (N-methyl/N-ethyl adjacent to an activating group) is 1. The maximum absolute atomic E-state index is 11.7. The highest BCUT2D eigenvalue weighted by Gasteiger charge is 2.23. The largest absolute Gasteiger partial charge is 0.355 e. The van der Waals surface area contributed by atoms with E-state index in [1.54, 1.807) is 0 Å². The molecule has 2 aliphatic rings. The fourth-order valence-electron chi connectivity index (χ4n) is 3.58. The second-order valence-electron chi connectivity index (χ2n) is 6.41. The molecule has 2 fully saturated rings. The van der Waals surface area contributed by atoms with Gasteiger partial charge in [0, 0.05) is 19.6 Å². The van der Waals surface area contributed by atoms with Gasteiger partial charge in [-0.05, 0) is 58.2 Å². The molecule has 2 aliphatic heterocycles. The molecule has 0 aromatic heterocycles. The van der Waals surface area contributed by atoms with Gasteiger partial charge < -0.3 is 10.2 Å². The fourth-order valence-corrected chi connectivity index (χ4v) is 3.58. The molecule has 2 rings (SSSR count).